The van der Waals surface area contributed by atoms with E-state index in [-0.39, 0.29) is 17.9 Å². The topological polar surface area (TPSA) is 75.7 Å². The Morgan fingerprint density at radius 1 is 1.24 bits per heavy atom. The normalized spacial score (nSPS) is 15.3. The number of carbonyl (C=O) groups excluding carboxylic acids is 3. The van der Waals surface area contributed by atoms with Gasteiger partial charge in [-0.15, -0.1) is 6.42 Å². The monoisotopic (exact) mass is 472 g/mol. The number of urea groups is 1. The Balaban J connectivity index is 2.08. The molecule has 0 unspecified atom stereocenters. The maximum atomic E-state index is 13.1. The van der Waals surface area contributed by atoms with Crippen LogP contribution in [0.4, 0.5) is 10.5 Å². The van der Waals surface area contributed by atoms with Gasteiger partial charge in [-0.3, -0.25) is 14.9 Å². The average Bonchev–Trinajstić information content (AvgIpc) is 2.67. The van der Waals surface area contributed by atoms with Crippen LogP contribution < -0.4 is 15.0 Å². The minimum Gasteiger partial charge on any atom is -0.480 e. The van der Waals surface area contributed by atoms with Crippen LogP contribution >= 0.6 is 27.5 Å². The Hall–Kier alpha value is -3.08. The van der Waals surface area contributed by atoms with E-state index in [4.69, 9.17) is 22.8 Å². The van der Waals surface area contributed by atoms with Gasteiger partial charge in [0.1, 0.15) is 17.9 Å². The summed E-state index contributed by atoms with van der Waals surface area (Å²) >= 11 is 9.37. The summed E-state index contributed by atoms with van der Waals surface area (Å²) in [6.45, 7) is 1.75. The van der Waals surface area contributed by atoms with E-state index in [0.717, 1.165) is 4.90 Å². The maximum Gasteiger partial charge on any atom is 0.335 e. The lowest BCUT2D eigenvalue weighted by Crippen LogP contribution is -2.54. The minimum atomic E-state index is -0.847. The molecule has 2 aromatic rings. The third-order valence-corrected chi connectivity index (χ3v) is 4.82. The Kier molecular flexibility index (Phi) is 6.06. The fourth-order valence-corrected chi connectivity index (χ4v) is 3.28. The molecule has 1 heterocycles. The number of nitrogens with one attached hydrogen (secondary N) is 1. The van der Waals surface area contributed by atoms with Crippen LogP contribution in [0.25, 0.3) is 6.08 Å². The summed E-state index contributed by atoms with van der Waals surface area (Å²) in [5.41, 5.74) is 1.15. The van der Waals surface area contributed by atoms with Gasteiger partial charge in [0.2, 0.25) is 0 Å². The standard InChI is InChI=1S/C21H14BrClN2O4/c1-3-8-29-18-7-5-14(22)9-13(18)10-16-19(26)24-21(28)25(20(16)27)17-11-15(23)6-4-12(17)2/h1,4-7,9-11H,8H2,2H3,(H,24,26,28)/b16-10+. The summed E-state index contributed by atoms with van der Waals surface area (Å²) in [5.74, 6) is 1.17. The fraction of sp³-hybridized carbons (Fsp3) is 0.0952. The van der Waals surface area contributed by atoms with Crippen molar-refractivity contribution in [1.29, 1.82) is 0 Å². The number of nitrogens with zero attached hydrogens (tertiary/aromatic N) is 1. The maximum absolute atomic E-state index is 13.1. The van der Waals surface area contributed by atoms with E-state index in [1.54, 1.807) is 37.3 Å². The van der Waals surface area contributed by atoms with Crippen molar-refractivity contribution in [1.82, 2.24) is 5.32 Å². The van der Waals surface area contributed by atoms with Gasteiger partial charge < -0.3 is 4.74 Å². The second-order valence-corrected chi connectivity index (χ2v) is 7.42. The second kappa shape index (κ2) is 8.52. The van der Waals surface area contributed by atoms with E-state index in [1.807, 2.05) is 0 Å². The van der Waals surface area contributed by atoms with Crippen LogP contribution in [0.3, 0.4) is 0 Å². The zero-order valence-corrected chi connectivity index (χ0v) is 17.5. The summed E-state index contributed by atoms with van der Waals surface area (Å²) in [4.78, 5) is 38.7. The molecule has 1 fully saturated rings. The van der Waals surface area contributed by atoms with Crippen LogP contribution in [-0.4, -0.2) is 24.5 Å². The molecule has 1 N–H and O–H groups in total. The molecule has 2 aromatic carbocycles. The lowest BCUT2D eigenvalue weighted by Gasteiger charge is -2.27. The minimum absolute atomic E-state index is 0.0181. The Labute approximate surface area is 180 Å². The number of aryl methyl sites for hydroxylation is 1. The van der Waals surface area contributed by atoms with Gasteiger partial charge in [-0.2, -0.15) is 0 Å². The van der Waals surface area contributed by atoms with Crippen LogP contribution in [-0.2, 0) is 9.59 Å². The summed E-state index contributed by atoms with van der Waals surface area (Å²) in [5, 5.41) is 2.54. The number of anilines is 1. The van der Waals surface area contributed by atoms with Crippen molar-refractivity contribution in [3.8, 4) is 18.1 Å². The van der Waals surface area contributed by atoms with Crippen molar-refractivity contribution >= 4 is 57.1 Å². The quantitative estimate of drug-likeness (QED) is 0.412. The third-order valence-electron chi connectivity index (χ3n) is 4.10. The lowest BCUT2D eigenvalue weighted by molar-refractivity contribution is -0.122. The van der Waals surface area contributed by atoms with Crippen molar-refractivity contribution in [3.05, 3.63) is 62.6 Å². The molecule has 0 aromatic heterocycles. The van der Waals surface area contributed by atoms with Crippen molar-refractivity contribution in [2.75, 3.05) is 11.5 Å². The predicted octanol–water partition coefficient (Wildman–Crippen LogP) is 4.09. The Bertz CT molecular complexity index is 1100. The van der Waals surface area contributed by atoms with Crippen molar-refractivity contribution in [2.24, 2.45) is 0 Å². The highest BCUT2D eigenvalue weighted by Crippen LogP contribution is 2.30. The largest absolute Gasteiger partial charge is 0.480 e. The van der Waals surface area contributed by atoms with Gasteiger partial charge in [-0.05, 0) is 48.9 Å². The number of carbonyl (C=O) groups is 3. The smallest absolute Gasteiger partial charge is 0.335 e. The number of halogens is 2. The molecule has 3 rings (SSSR count). The zero-order chi connectivity index (χ0) is 21.1. The molecule has 6 nitrogen and oxygen atoms in total. The van der Waals surface area contributed by atoms with Gasteiger partial charge in [0.05, 0.1) is 5.69 Å². The van der Waals surface area contributed by atoms with Crippen molar-refractivity contribution in [3.63, 3.8) is 0 Å². The highest BCUT2D eigenvalue weighted by Gasteiger charge is 2.37. The molecule has 0 aliphatic carbocycles. The van der Waals surface area contributed by atoms with Crippen LogP contribution in [0.2, 0.25) is 5.02 Å². The molecule has 29 heavy (non-hydrogen) atoms. The molecule has 1 aliphatic heterocycles. The Morgan fingerprint density at radius 3 is 2.72 bits per heavy atom. The molecule has 4 amide bonds. The molecule has 0 atom stereocenters. The molecule has 8 heteroatoms. The zero-order valence-electron chi connectivity index (χ0n) is 15.2. The fourth-order valence-electron chi connectivity index (χ4n) is 2.74. The van der Waals surface area contributed by atoms with E-state index in [9.17, 15) is 14.4 Å². The molecule has 0 bridgehead atoms. The van der Waals surface area contributed by atoms with E-state index in [1.165, 1.54) is 12.1 Å². The summed E-state index contributed by atoms with van der Waals surface area (Å²) in [6.07, 6.45) is 6.59. The first kappa shape index (κ1) is 20.6. The molecule has 0 radical (unpaired) electrons. The number of terminal acetylenes is 1. The van der Waals surface area contributed by atoms with Crippen molar-refractivity contribution < 1.29 is 19.1 Å². The molecular weight excluding hydrogens is 460 g/mol. The first-order valence-corrected chi connectivity index (χ1v) is 9.52. The van der Waals surface area contributed by atoms with E-state index >= 15 is 0 Å². The second-order valence-electron chi connectivity index (χ2n) is 6.06. The molecule has 146 valence electrons. The summed E-state index contributed by atoms with van der Waals surface area (Å²) in [7, 11) is 0. The Morgan fingerprint density at radius 2 is 2.00 bits per heavy atom. The highest BCUT2D eigenvalue weighted by molar-refractivity contribution is 9.10. The lowest BCUT2D eigenvalue weighted by atomic mass is 10.1. The number of ether oxygens (including phenoxy) is 1. The van der Waals surface area contributed by atoms with Crippen LogP contribution in [0.1, 0.15) is 11.1 Å². The van der Waals surface area contributed by atoms with Gasteiger partial charge in [-0.25, -0.2) is 9.69 Å². The number of benzene rings is 2. The molecular formula is C21H14BrClN2O4. The number of hydrogen-bond donors (Lipinski definition) is 1. The van der Waals surface area contributed by atoms with Gasteiger partial charge in [0.25, 0.3) is 11.8 Å². The van der Waals surface area contributed by atoms with E-state index in [2.05, 4.69) is 27.2 Å². The number of rotatable bonds is 4. The average molecular weight is 474 g/mol. The van der Waals surface area contributed by atoms with Gasteiger partial charge in [0, 0.05) is 15.1 Å². The number of hydrogen-bond acceptors (Lipinski definition) is 4. The third kappa shape index (κ3) is 4.34. The van der Waals surface area contributed by atoms with E-state index < -0.39 is 17.8 Å². The molecule has 0 spiro atoms. The highest BCUT2D eigenvalue weighted by atomic mass is 79.9. The van der Waals surface area contributed by atoms with Gasteiger partial charge in [-0.1, -0.05) is 39.5 Å². The SMILES string of the molecule is C#CCOc1ccc(Br)cc1/C=C1\C(=O)NC(=O)N(c2cc(Cl)ccc2C)C1=O. The molecule has 1 saturated heterocycles. The van der Waals surface area contributed by atoms with Crippen LogP contribution in [0.5, 0.6) is 5.75 Å². The number of imide groups is 2. The van der Waals surface area contributed by atoms with Gasteiger partial charge in [0.15, 0.2) is 0 Å². The van der Waals surface area contributed by atoms with Crippen LogP contribution in [0.15, 0.2) is 46.4 Å². The predicted molar refractivity (Wildman–Crippen MR) is 114 cm³/mol. The first-order chi connectivity index (χ1) is 13.8. The van der Waals surface area contributed by atoms with E-state index in [0.29, 0.717) is 26.4 Å². The number of barbiturate groups is 1. The first-order valence-electron chi connectivity index (χ1n) is 8.35. The van der Waals surface area contributed by atoms with Crippen LogP contribution in [0, 0.1) is 19.3 Å². The number of amides is 4. The van der Waals surface area contributed by atoms with Crippen molar-refractivity contribution in [2.45, 2.75) is 6.92 Å². The molecule has 0 saturated carbocycles. The van der Waals surface area contributed by atoms with Gasteiger partial charge >= 0.3 is 6.03 Å². The molecule has 1 aliphatic rings. The summed E-state index contributed by atoms with van der Waals surface area (Å²) in [6, 6.07) is 9.03. The summed E-state index contributed by atoms with van der Waals surface area (Å²) < 4.78 is 6.19.